The number of carbonyl (C=O) groups is 2. The van der Waals surface area contributed by atoms with Crippen LogP contribution < -0.4 is 5.32 Å². The van der Waals surface area contributed by atoms with Gasteiger partial charge in [0.25, 0.3) is 0 Å². The van der Waals surface area contributed by atoms with Crippen LogP contribution in [-0.2, 0) is 14.3 Å². The van der Waals surface area contributed by atoms with Gasteiger partial charge in [-0.15, -0.1) is 0 Å². The first kappa shape index (κ1) is 13.3. The van der Waals surface area contributed by atoms with Crippen LogP contribution in [0.4, 0.5) is 0 Å². The Morgan fingerprint density at radius 3 is 2.39 bits per heavy atom. The molecule has 2 rings (SSSR count). The molecule has 1 saturated carbocycles. The molecule has 5 nitrogen and oxygen atoms in total. The highest BCUT2D eigenvalue weighted by Gasteiger charge is 2.36. The van der Waals surface area contributed by atoms with Crippen molar-refractivity contribution in [2.24, 2.45) is 5.92 Å². The van der Waals surface area contributed by atoms with Gasteiger partial charge in [-0.05, 0) is 31.6 Å². The largest absolute Gasteiger partial charge is 0.479 e. The lowest BCUT2D eigenvalue weighted by atomic mass is 9.86. The highest BCUT2D eigenvalue weighted by Crippen LogP contribution is 2.25. The van der Waals surface area contributed by atoms with Crippen molar-refractivity contribution < 1.29 is 19.4 Å². The Morgan fingerprint density at radius 1 is 1.11 bits per heavy atom. The maximum absolute atomic E-state index is 12.0. The molecule has 0 spiro atoms. The zero-order valence-corrected chi connectivity index (χ0v) is 10.7. The van der Waals surface area contributed by atoms with Crippen molar-refractivity contribution in [3.8, 4) is 0 Å². The number of hydrogen-bond acceptors (Lipinski definition) is 3. The SMILES string of the molecule is CC1CCCCC1NC(=O)C1CCC(C(=O)O)O1. The number of carboxylic acid groups (broad SMARTS) is 1. The van der Waals surface area contributed by atoms with Crippen molar-refractivity contribution >= 4 is 11.9 Å². The van der Waals surface area contributed by atoms with E-state index in [0.717, 1.165) is 19.3 Å². The molecule has 4 atom stereocenters. The van der Waals surface area contributed by atoms with E-state index in [0.29, 0.717) is 18.8 Å². The highest BCUT2D eigenvalue weighted by molar-refractivity contribution is 5.82. The Labute approximate surface area is 107 Å². The van der Waals surface area contributed by atoms with E-state index in [4.69, 9.17) is 9.84 Å². The summed E-state index contributed by atoms with van der Waals surface area (Å²) in [5, 5.41) is 11.8. The first-order valence-corrected chi connectivity index (χ1v) is 6.76. The summed E-state index contributed by atoms with van der Waals surface area (Å²) < 4.78 is 5.25. The van der Waals surface area contributed by atoms with Gasteiger partial charge >= 0.3 is 5.97 Å². The average Bonchev–Trinajstić information content (AvgIpc) is 2.81. The van der Waals surface area contributed by atoms with E-state index in [1.54, 1.807) is 0 Å². The smallest absolute Gasteiger partial charge is 0.332 e. The van der Waals surface area contributed by atoms with Gasteiger partial charge in [-0.1, -0.05) is 19.8 Å². The lowest BCUT2D eigenvalue weighted by molar-refractivity contribution is -0.152. The van der Waals surface area contributed by atoms with Gasteiger partial charge in [0, 0.05) is 6.04 Å². The Hall–Kier alpha value is -1.10. The number of hydrogen-bond donors (Lipinski definition) is 2. The van der Waals surface area contributed by atoms with Crippen LogP contribution in [-0.4, -0.2) is 35.2 Å². The molecule has 0 aromatic rings. The fraction of sp³-hybridized carbons (Fsp3) is 0.846. The minimum Gasteiger partial charge on any atom is -0.479 e. The molecule has 18 heavy (non-hydrogen) atoms. The molecule has 0 aromatic carbocycles. The van der Waals surface area contributed by atoms with Crippen LogP contribution in [0.2, 0.25) is 0 Å². The number of rotatable bonds is 3. The molecule has 1 heterocycles. The predicted molar refractivity (Wildman–Crippen MR) is 65.1 cm³/mol. The van der Waals surface area contributed by atoms with E-state index in [-0.39, 0.29) is 11.9 Å². The van der Waals surface area contributed by atoms with Gasteiger partial charge in [0.2, 0.25) is 5.91 Å². The van der Waals surface area contributed by atoms with Crippen LogP contribution in [0.1, 0.15) is 45.4 Å². The van der Waals surface area contributed by atoms with Crippen LogP contribution in [0, 0.1) is 5.92 Å². The van der Waals surface area contributed by atoms with Gasteiger partial charge in [0.15, 0.2) is 6.10 Å². The zero-order valence-electron chi connectivity index (χ0n) is 10.7. The van der Waals surface area contributed by atoms with Crippen molar-refractivity contribution in [3.63, 3.8) is 0 Å². The summed E-state index contributed by atoms with van der Waals surface area (Å²) in [6.45, 7) is 2.15. The normalized spacial score (nSPS) is 36.3. The fourth-order valence-electron chi connectivity index (χ4n) is 2.82. The second-order valence-corrected chi connectivity index (χ2v) is 5.41. The highest BCUT2D eigenvalue weighted by atomic mass is 16.5. The lowest BCUT2D eigenvalue weighted by Crippen LogP contribution is -2.45. The van der Waals surface area contributed by atoms with Crippen molar-refractivity contribution in [2.45, 2.75) is 63.7 Å². The topological polar surface area (TPSA) is 75.6 Å². The molecule has 1 aliphatic carbocycles. The number of carbonyl (C=O) groups excluding carboxylic acids is 1. The molecular formula is C13H21NO4. The zero-order chi connectivity index (χ0) is 13.1. The lowest BCUT2D eigenvalue weighted by Gasteiger charge is -2.30. The van der Waals surface area contributed by atoms with Crippen LogP contribution >= 0.6 is 0 Å². The Bertz CT molecular complexity index is 331. The maximum Gasteiger partial charge on any atom is 0.332 e. The summed E-state index contributed by atoms with van der Waals surface area (Å²) in [5.41, 5.74) is 0. The quantitative estimate of drug-likeness (QED) is 0.797. The van der Waals surface area contributed by atoms with Crippen LogP contribution in [0.15, 0.2) is 0 Å². The van der Waals surface area contributed by atoms with E-state index < -0.39 is 18.2 Å². The predicted octanol–water partition coefficient (Wildman–Crippen LogP) is 1.31. The van der Waals surface area contributed by atoms with Crippen LogP contribution in [0.5, 0.6) is 0 Å². The molecule has 2 N–H and O–H groups in total. The third-order valence-electron chi connectivity index (χ3n) is 4.03. The van der Waals surface area contributed by atoms with Gasteiger partial charge < -0.3 is 15.2 Å². The number of ether oxygens (including phenoxy) is 1. The molecule has 102 valence electrons. The summed E-state index contributed by atoms with van der Waals surface area (Å²) in [7, 11) is 0. The molecule has 1 amide bonds. The molecule has 4 unspecified atom stereocenters. The minimum atomic E-state index is -0.976. The Kier molecular flexibility index (Phi) is 4.22. The van der Waals surface area contributed by atoms with Gasteiger partial charge in [-0.3, -0.25) is 4.79 Å². The fourth-order valence-corrected chi connectivity index (χ4v) is 2.82. The van der Waals surface area contributed by atoms with Crippen LogP contribution in [0.25, 0.3) is 0 Å². The Balaban J connectivity index is 1.83. The number of nitrogens with one attached hydrogen (secondary N) is 1. The molecule has 5 heteroatoms. The van der Waals surface area contributed by atoms with E-state index >= 15 is 0 Å². The molecular weight excluding hydrogens is 234 g/mol. The van der Waals surface area contributed by atoms with Gasteiger partial charge in [0.05, 0.1) is 0 Å². The van der Waals surface area contributed by atoms with E-state index in [1.165, 1.54) is 6.42 Å². The third-order valence-corrected chi connectivity index (χ3v) is 4.03. The van der Waals surface area contributed by atoms with Gasteiger partial charge in [0.1, 0.15) is 6.10 Å². The second-order valence-electron chi connectivity index (χ2n) is 5.41. The number of carboxylic acids is 1. The van der Waals surface area contributed by atoms with Gasteiger partial charge in [-0.25, -0.2) is 4.79 Å². The standard InChI is InChI=1S/C13H21NO4/c1-8-4-2-3-5-9(8)14-12(15)10-6-7-11(18-10)13(16)17/h8-11H,2-7H2,1H3,(H,14,15)(H,16,17). The third kappa shape index (κ3) is 3.02. The molecule has 1 saturated heterocycles. The number of aliphatic carboxylic acids is 1. The number of amides is 1. The van der Waals surface area contributed by atoms with Gasteiger partial charge in [-0.2, -0.15) is 0 Å². The summed E-state index contributed by atoms with van der Waals surface area (Å²) in [5.74, 6) is -0.617. The van der Waals surface area contributed by atoms with Crippen LogP contribution in [0.3, 0.4) is 0 Å². The summed E-state index contributed by atoms with van der Waals surface area (Å²) >= 11 is 0. The average molecular weight is 255 g/mol. The van der Waals surface area contributed by atoms with E-state index in [9.17, 15) is 9.59 Å². The first-order chi connectivity index (χ1) is 8.58. The van der Waals surface area contributed by atoms with Crippen molar-refractivity contribution in [2.75, 3.05) is 0 Å². The maximum atomic E-state index is 12.0. The van der Waals surface area contributed by atoms with Crippen molar-refractivity contribution in [3.05, 3.63) is 0 Å². The molecule has 2 fully saturated rings. The summed E-state index contributed by atoms with van der Waals surface area (Å²) in [6.07, 6.45) is 4.07. The monoisotopic (exact) mass is 255 g/mol. The Morgan fingerprint density at radius 2 is 1.78 bits per heavy atom. The molecule has 1 aliphatic heterocycles. The summed E-state index contributed by atoms with van der Waals surface area (Å²) in [4.78, 5) is 22.8. The molecule has 0 radical (unpaired) electrons. The van der Waals surface area contributed by atoms with E-state index in [1.807, 2.05) is 0 Å². The van der Waals surface area contributed by atoms with Crippen molar-refractivity contribution in [1.29, 1.82) is 0 Å². The van der Waals surface area contributed by atoms with Crippen molar-refractivity contribution in [1.82, 2.24) is 5.32 Å². The molecule has 0 aromatic heterocycles. The summed E-state index contributed by atoms with van der Waals surface area (Å²) in [6, 6.07) is 0.221. The first-order valence-electron chi connectivity index (χ1n) is 6.76. The minimum absolute atomic E-state index is 0.141. The molecule has 2 aliphatic rings. The van der Waals surface area contributed by atoms with E-state index in [2.05, 4.69) is 12.2 Å². The second kappa shape index (κ2) is 5.69. The molecule has 0 bridgehead atoms.